The van der Waals surface area contributed by atoms with E-state index in [4.69, 9.17) is 33.5 Å². The molecule has 0 radical (unpaired) electrons. The maximum atomic E-state index is 6.13. The third-order valence-corrected chi connectivity index (χ3v) is 7.95. The molecule has 0 bridgehead atoms. The van der Waals surface area contributed by atoms with Crippen molar-refractivity contribution in [1.82, 2.24) is 15.3 Å². The Morgan fingerprint density at radius 1 is 0.973 bits per heavy atom. The van der Waals surface area contributed by atoms with Crippen LogP contribution < -0.4 is 25.2 Å². The van der Waals surface area contributed by atoms with Crippen LogP contribution in [0.2, 0.25) is 5.02 Å². The Kier molecular flexibility index (Phi) is 7.96. The van der Waals surface area contributed by atoms with Crippen molar-refractivity contribution in [2.24, 2.45) is 0 Å². The zero-order valence-corrected chi connectivity index (χ0v) is 22.7. The topological polar surface area (TPSA) is 65.6 Å². The summed E-state index contributed by atoms with van der Waals surface area (Å²) >= 11 is 11.8. The van der Waals surface area contributed by atoms with E-state index in [2.05, 4.69) is 61.8 Å². The molecule has 194 valence electrons. The van der Waals surface area contributed by atoms with E-state index >= 15 is 0 Å². The average Bonchev–Trinajstić information content (AvgIpc) is 3.43. The van der Waals surface area contributed by atoms with Gasteiger partial charge >= 0.3 is 0 Å². The second kappa shape index (κ2) is 11.5. The molecule has 2 heterocycles. The number of thiocarbonyl (C=S) groups is 1. The maximum Gasteiger partial charge on any atom is 0.234 e. The summed E-state index contributed by atoms with van der Waals surface area (Å²) in [5.74, 6) is 1.77. The minimum absolute atomic E-state index is 0.0507. The van der Waals surface area contributed by atoms with Gasteiger partial charge in [0, 0.05) is 54.9 Å². The van der Waals surface area contributed by atoms with Gasteiger partial charge in [0.15, 0.2) is 5.11 Å². The van der Waals surface area contributed by atoms with Gasteiger partial charge in [-0.05, 0) is 54.9 Å². The Balaban J connectivity index is 1.23. The molecule has 2 aromatic carbocycles. The summed E-state index contributed by atoms with van der Waals surface area (Å²) in [5, 5.41) is 7.89. The number of para-hydroxylation sites is 1. The van der Waals surface area contributed by atoms with Crippen molar-refractivity contribution in [1.29, 1.82) is 0 Å². The lowest BCUT2D eigenvalue weighted by Gasteiger charge is -2.36. The Bertz CT molecular complexity index is 1200. The summed E-state index contributed by atoms with van der Waals surface area (Å²) in [6, 6.07) is 20.6. The van der Waals surface area contributed by atoms with Crippen LogP contribution in [-0.2, 0) is 5.41 Å². The SMILES string of the molecule is COc1cc(N2CCN(c3ccccc3)CC2)nc(NC(=S)NCC2(c3ccc(Cl)cc3)CCCC2)n1. The van der Waals surface area contributed by atoms with Crippen LogP contribution >= 0.6 is 23.8 Å². The van der Waals surface area contributed by atoms with Crippen LogP contribution in [0.25, 0.3) is 0 Å². The minimum atomic E-state index is 0.0507. The van der Waals surface area contributed by atoms with Gasteiger partial charge in [-0.15, -0.1) is 0 Å². The molecule has 0 atom stereocenters. The molecule has 0 amide bonds. The van der Waals surface area contributed by atoms with Crippen molar-refractivity contribution in [2.45, 2.75) is 31.1 Å². The molecule has 1 aliphatic heterocycles. The number of benzene rings is 2. The molecule has 1 aliphatic carbocycles. The fourth-order valence-electron chi connectivity index (χ4n) is 5.39. The van der Waals surface area contributed by atoms with E-state index in [9.17, 15) is 0 Å². The lowest BCUT2D eigenvalue weighted by Crippen LogP contribution is -2.47. The number of rotatable bonds is 7. The Hall–Kier alpha value is -3.10. The molecule has 3 aromatic rings. The van der Waals surface area contributed by atoms with Crippen molar-refractivity contribution in [2.75, 3.05) is 55.0 Å². The lowest BCUT2D eigenvalue weighted by molar-refractivity contribution is 0.397. The number of nitrogens with one attached hydrogen (secondary N) is 2. The molecule has 7 nitrogen and oxygen atoms in total. The lowest BCUT2D eigenvalue weighted by atomic mass is 9.79. The number of hydrogen-bond acceptors (Lipinski definition) is 6. The molecule has 9 heteroatoms. The number of nitrogens with zero attached hydrogens (tertiary/aromatic N) is 4. The predicted molar refractivity (Wildman–Crippen MR) is 155 cm³/mol. The fraction of sp³-hybridized carbons (Fsp3) is 0.393. The van der Waals surface area contributed by atoms with Crippen molar-refractivity contribution >= 4 is 46.4 Å². The van der Waals surface area contributed by atoms with Crippen molar-refractivity contribution in [3.05, 3.63) is 71.2 Å². The average molecular weight is 537 g/mol. The normalized spacial score (nSPS) is 16.9. The van der Waals surface area contributed by atoms with Crippen LogP contribution in [0.15, 0.2) is 60.7 Å². The minimum Gasteiger partial charge on any atom is -0.481 e. The van der Waals surface area contributed by atoms with Crippen molar-refractivity contribution in [3.8, 4) is 5.88 Å². The van der Waals surface area contributed by atoms with E-state index < -0.39 is 0 Å². The standard InChI is InChI=1S/C28H33ClN6OS/c1-36-25-19-24(35-17-15-34(16-18-35)23-7-3-2-4-8-23)31-26(32-25)33-27(37)30-20-28(13-5-6-14-28)21-9-11-22(29)12-10-21/h2-4,7-12,19H,5-6,13-18,20H2,1H3,(H2,30,31,32,33,37). The van der Waals surface area contributed by atoms with Crippen LogP contribution in [0.1, 0.15) is 31.2 Å². The van der Waals surface area contributed by atoms with Crippen LogP contribution in [0, 0.1) is 0 Å². The summed E-state index contributed by atoms with van der Waals surface area (Å²) in [5.41, 5.74) is 2.61. The number of methoxy groups -OCH3 is 1. The number of hydrogen-bond donors (Lipinski definition) is 2. The zero-order valence-electron chi connectivity index (χ0n) is 21.1. The van der Waals surface area contributed by atoms with Crippen LogP contribution in [0.4, 0.5) is 17.5 Å². The van der Waals surface area contributed by atoms with Gasteiger partial charge in [0.25, 0.3) is 0 Å². The van der Waals surface area contributed by atoms with Crippen molar-refractivity contribution in [3.63, 3.8) is 0 Å². The van der Waals surface area contributed by atoms with Gasteiger partial charge in [0.2, 0.25) is 11.8 Å². The number of halogens is 1. The highest BCUT2D eigenvalue weighted by Crippen LogP contribution is 2.41. The Morgan fingerprint density at radius 2 is 1.65 bits per heavy atom. The summed E-state index contributed by atoms with van der Waals surface area (Å²) in [4.78, 5) is 13.9. The monoisotopic (exact) mass is 536 g/mol. The highest BCUT2D eigenvalue weighted by molar-refractivity contribution is 7.80. The maximum absolute atomic E-state index is 6.13. The molecule has 5 rings (SSSR count). The van der Waals surface area contributed by atoms with Crippen LogP contribution in [0.5, 0.6) is 5.88 Å². The van der Waals surface area contributed by atoms with E-state index in [1.54, 1.807) is 7.11 Å². The Labute approximate surface area is 229 Å². The quantitative estimate of drug-likeness (QED) is 0.396. The smallest absolute Gasteiger partial charge is 0.234 e. The largest absolute Gasteiger partial charge is 0.481 e. The highest BCUT2D eigenvalue weighted by Gasteiger charge is 2.35. The number of aromatic nitrogens is 2. The first-order valence-electron chi connectivity index (χ1n) is 12.8. The first kappa shape index (κ1) is 25.5. The molecule has 0 spiro atoms. The first-order chi connectivity index (χ1) is 18.0. The van der Waals surface area contributed by atoms with Gasteiger partial charge in [0.05, 0.1) is 7.11 Å². The van der Waals surface area contributed by atoms with E-state index in [0.717, 1.165) is 56.4 Å². The van der Waals surface area contributed by atoms with Crippen LogP contribution in [-0.4, -0.2) is 54.9 Å². The van der Waals surface area contributed by atoms with Gasteiger partial charge in [-0.25, -0.2) is 0 Å². The molecule has 2 N–H and O–H groups in total. The summed E-state index contributed by atoms with van der Waals surface area (Å²) in [6.45, 7) is 4.32. The van der Waals surface area contributed by atoms with Crippen molar-refractivity contribution < 1.29 is 4.74 Å². The van der Waals surface area contributed by atoms with E-state index in [1.165, 1.54) is 24.1 Å². The number of piperazine rings is 1. The van der Waals surface area contributed by atoms with E-state index in [0.29, 0.717) is 16.9 Å². The summed E-state index contributed by atoms with van der Waals surface area (Å²) in [7, 11) is 1.62. The summed E-state index contributed by atoms with van der Waals surface area (Å²) < 4.78 is 5.48. The fourth-order valence-corrected chi connectivity index (χ4v) is 5.68. The number of ether oxygens (including phenoxy) is 1. The van der Waals surface area contributed by atoms with E-state index in [-0.39, 0.29) is 5.41 Å². The van der Waals surface area contributed by atoms with Gasteiger partial charge < -0.3 is 25.2 Å². The van der Waals surface area contributed by atoms with Crippen LogP contribution in [0.3, 0.4) is 0 Å². The van der Waals surface area contributed by atoms with E-state index in [1.807, 2.05) is 24.3 Å². The highest BCUT2D eigenvalue weighted by atomic mass is 35.5. The number of anilines is 3. The molecular weight excluding hydrogens is 504 g/mol. The van der Waals surface area contributed by atoms with Gasteiger partial charge in [0.1, 0.15) is 5.82 Å². The first-order valence-corrected chi connectivity index (χ1v) is 13.6. The molecule has 1 saturated carbocycles. The predicted octanol–water partition coefficient (Wildman–Crippen LogP) is 5.26. The third-order valence-electron chi connectivity index (χ3n) is 7.45. The summed E-state index contributed by atoms with van der Waals surface area (Å²) in [6.07, 6.45) is 4.67. The molecule has 37 heavy (non-hydrogen) atoms. The van der Waals surface area contributed by atoms with Gasteiger partial charge in [-0.1, -0.05) is 54.8 Å². The molecule has 1 aromatic heterocycles. The second-order valence-electron chi connectivity index (χ2n) is 9.70. The third kappa shape index (κ3) is 6.08. The Morgan fingerprint density at radius 3 is 2.32 bits per heavy atom. The van der Waals surface area contributed by atoms with Gasteiger partial charge in [-0.2, -0.15) is 9.97 Å². The molecule has 2 fully saturated rings. The molecule has 2 aliphatic rings. The molecule has 0 unspecified atom stereocenters. The van der Waals surface area contributed by atoms with Gasteiger partial charge in [-0.3, -0.25) is 0 Å². The molecule has 1 saturated heterocycles. The second-order valence-corrected chi connectivity index (χ2v) is 10.5. The zero-order chi connectivity index (χ0) is 25.7. The molecular formula is C28H33ClN6OS.